The topological polar surface area (TPSA) is 78.8 Å². The Morgan fingerprint density at radius 2 is 2.00 bits per heavy atom. The summed E-state index contributed by atoms with van der Waals surface area (Å²) in [6, 6.07) is 15.3. The summed E-state index contributed by atoms with van der Waals surface area (Å²) in [7, 11) is 0. The highest BCUT2D eigenvalue weighted by Crippen LogP contribution is 2.24. The predicted molar refractivity (Wildman–Crippen MR) is 90.6 cm³/mol. The predicted octanol–water partition coefficient (Wildman–Crippen LogP) is 1.96. The van der Waals surface area contributed by atoms with Crippen LogP contribution >= 0.6 is 0 Å². The first kappa shape index (κ1) is 16.6. The zero-order valence-corrected chi connectivity index (χ0v) is 13.5. The van der Waals surface area contributed by atoms with Gasteiger partial charge in [-0.25, -0.2) is 0 Å². The molecule has 5 nitrogen and oxygen atoms in total. The van der Waals surface area contributed by atoms with Crippen LogP contribution in [0.15, 0.2) is 48.5 Å². The summed E-state index contributed by atoms with van der Waals surface area (Å²) in [5.74, 6) is -1.06. The fraction of sp³-hybridized carbons (Fsp3) is 0.316. The van der Waals surface area contributed by atoms with Gasteiger partial charge >= 0.3 is 5.97 Å². The molecule has 24 heavy (non-hydrogen) atoms. The molecule has 5 heteroatoms. The summed E-state index contributed by atoms with van der Waals surface area (Å²) in [5.41, 5.74) is 4.49. The molecule has 3 rings (SSSR count). The fourth-order valence-electron chi connectivity index (χ4n) is 3.05. The largest absolute Gasteiger partial charge is 0.480 e. The Hall–Kier alpha value is -2.21. The first-order valence-corrected chi connectivity index (χ1v) is 7.97. The number of benzene rings is 2. The zero-order chi connectivity index (χ0) is 17.1. The van der Waals surface area contributed by atoms with Crippen molar-refractivity contribution in [1.82, 2.24) is 5.32 Å². The number of ether oxygens (including phenoxy) is 1. The number of hydrogen-bond donors (Lipinski definition) is 3. The van der Waals surface area contributed by atoms with E-state index in [1.54, 1.807) is 0 Å². The maximum atomic E-state index is 11.0. The van der Waals surface area contributed by atoms with Crippen LogP contribution in [0, 0.1) is 6.92 Å². The number of carboxylic acids is 1. The molecular formula is C19H21NO4. The van der Waals surface area contributed by atoms with Crippen LogP contribution in [-0.2, 0) is 16.1 Å². The first-order chi connectivity index (χ1) is 11.6. The lowest BCUT2D eigenvalue weighted by Crippen LogP contribution is -2.40. The van der Waals surface area contributed by atoms with Gasteiger partial charge in [-0.05, 0) is 29.2 Å². The molecule has 1 heterocycles. The van der Waals surface area contributed by atoms with Gasteiger partial charge in [-0.15, -0.1) is 0 Å². The van der Waals surface area contributed by atoms with Crippen molar-refractivity contribution in [1.29, 1.82) is 0 Å². The van der Waals surface area contributed by atoms with Crippen LogP contribution in [0.5, 0.6) is 0 Å². The van der Waals surface area contributed by atoms with Crippen LogP contribution < -0.4 is 5.32 Å². The molecule has 1 fully saturated rings. The standard InChI is InChI=1S/C19H21NO4/c1-12-9-13(7-8-15(12)14-5-3-2-4-6-14)11-24-16-10-20-17(18(16)21)19(22)23/h2-9,16-18,20-21H,10-11H2,1H3,(H,22,23)/t16-,17+,18+/m1/s1. The van der Waals surface area contributed by atoms with E-state index in [-0.39, 0.29) is 0 Å². The SMILES string of the molecule is Cc1cc(CO[C@@H]2CN[C@H](C(=O)O)[C@H]2O)ccc1-c1ccccc1. The molecule has 0 saturated carbocycles. The van der Waals surface area contributed by atoms with Crippen LogP contribution in [-0.4, -0.2) is 41.0 Å². The minimum absolute atomic E-state index is 0.333. The quantitative estimate of drug-likeness (QED) is 0.782. The number of aliphatic hydroxyl groups is 1. The van der Waals surface area contributed by atoms with E-state index in [1.165, 1.54) is 11.1 Å². The third kappa shape index (κ3) is 3.48. The van der Waals surface area contributed by atoms with Crippen molar-refractivity contribution in [3.63, 3.8) is 0 Å². The van der Waals surface area contributed by atoms with Gasteiger partial charge in [0.2, 0.25) is 0 Å². The Morgan fingerprint density at radius 1 is 1.25 bits per heavy atom. The van der Waals surface area contributed by atoms with Crippen molar-refractivity contribution < 1.29 is 19.7 Å². The van der Waals surface area contributed by atoms with Gasteiger partial charge in [-0.1, -0.05) is 48.5 Å². The summed E-state index contributed by atoms with van der Waals surface area (Å²) < 4.78 is 5.71. The van der Waals surface area contributed by atoms with E-state index in [2.05, 4.69) is 36.5 Å². The second kappa shape index (κ2) is 7.13. The Kier molecular flexibility index (Phi) is 4.94. The lowest BCUT2D eigenvalue weighted by Gasteiger charge is -2.17. The summed E-state index contributed by atoms with van der Waals surface area (Å²) in [6.45, 7) is 2.73. The molecular weight excluding hydrogens is 306 g/mol. The molecule has 0 bridgehead atoms. The van der Waals surface area contributed by atoms with E-state index in [4.69, 9.17) is 9.84 Å². The van der Waals surface area contributed by atoms with E-state index >= 15 is 0 Å². The number of carboxylic acid groups (broad SMARTS) is 1. The van der Waals surface area contributed by atoms with Crippen LogP contribution in [0.4, 0.5) is 0 Å². The molecule has 0 radical (unpaired) electrons. The minimum atomic E-state index is -1.06. The highest BCUT2D eigenvalue weighted by Gasteiger charge is 2.39. The molecule has 2 aromatic rings. The van der Waals surface area contributed by atoms with E-state index in [0.717, 1.165) is 11.1 Å². The highest BCUT2D eigenvalue weighted by atomic mass is 16.5. The normalized spacial score (nSPS) is 23.3. The van der Waals surface area contributed by atoms with Gasteiger partial charge in [-0.3, -0.25) is 10.1 Å². The number of aryl methyl sites for hydroxylation is 1. The Balaban J connectivity index is 1.65. The lowest BCUT2D eigenvalue weighted by atomic mass is 9.99. The lowest BCUT2D eigenvalue weighted by molar-refractivity contribution is -0.142. The van der Waals surface area contributed by atoms with E-state index in [0.29, 0.717) is 13.2 Å². The summed E-state index contributed by atoms with van der Waals surface area (Å²) in [4.78, 5) is 11.0. The van der Waals surface area contributed by atoms with E-state index < -0.39 is 24.2 Å². The van der Waals surface area contributed by atoms with Crippen molar-refractivity contribution >= 4 is 5.97 Å². The molecule has 3 N–H and O–H groups in total. The third-order valence-corrected chi connectivity index (χ3v) is 4.37. The van der Waals surface area contributed by atoms with E-state index in [9.17, 15) is 9.90 Å². The van der Waals surface area contributed by atoms with Crippen LogP contribution in [0.2, 0.25) is 0 Å². The van der Waals surface area contributed by atoms with Crippen molar-refractivity contribution in [3.05, 3.63) is 59.7 Å². The van der Waals surface area contributed by atoms with Gasteiger partial charge < -0.3 is 14.9 Å². The van der Waals surface area contributed by atoms with Crippen LogP contribution in [0.3, 0.4) is 0 Å². The number of rotatable bonds is 5. The molecule has 0 spiro atoms. The smallest absolute Gasteiger partial charge is 0.323 e. The van der Waals surface area contributed by atoms with Crippen molar-refractivity contribution in [2.24, 2.45) is 0 Å². The first-order valence-electron chi connectivity index (χ1n) is 7.97. The number of aliphatic hydroxyl groups excluding tert-OH is 1. The molecule has 0 aromatic heterocycles. The molecule has 126 valence electrons. The number of nitrogens with one attached hydrogen (secondary N) is 1. The van der Waals surface area contributed by atoms with Crippen molar-refractivity contribution in [2.45, 2.75) is 31.8 Å². The molecule has 0 aliphatic carbocycles. The summed E-state index contributed by atoms with van der Waals surface area (Å²) >= 11 is 0. The van der Waals surface area contributed by atoms with Crippen LogP contribution in [0.1, 0.15) is 11.1 Å². The third-order valence-electron chi connectivity index (χ3n) is 4.37. The van der Waals surface area contributed by atoms with Crippen molar-refractivity contribution in [2.75, 3.05) is 6.54 Å². The molecule has 1 aliphatic rings. The average Bonchev–Trinajstić information content (AvgIpc) is 2.95. The summed E-state index contributed by atoms with van der Waals surface area (Å²) in [6.07, 6.45) is -1.55. The van der Waals surface area contributed by atoms with Gasteiger partial charge in [0.25, 0.3) is 0 Å². The summed E-state index contributed by atoms with van der Waals surface area (Å²) in [5, 5.41) is 21.7. The second-order valence-electron chi connectivity index (χ2n) is 6.08. The molecule has 3 atom stereocenters. The second-order valence-corrected chi connectivity index (χ2v) is 6.08. The van der Waals surface area contributed by atoms with E-state index in [1.807, 2.05) is 24.3 Å². The number of aliphatic carboxylic acids is 1. The number of carbonyl (C=O) groups is 1. The molecule has 0 unspecified atom stereocenters. The van der Waals surface area contributed by atoms with Crippen LogP contribution in [0.25, 0.3) is 11.1 Å². The fourth-order valence-corrected chi connectivity index (χ4v) is 3.05. The molecule has 2 aromatic carbocycles. The molecule has 0 amide bonds. The van der Waals surface area contributed by atoms with Gasteiger partial charge in [0.15, 0.2) is 0 Å². The Labute approximate surface area is 140 Å². The minimum Gasteiger partial charge on any atom is -0.480 e. The zero-order valence-electron chi connectivity index (χ0n) is 13.5. The van der Waals surface area contributed by atoms with Gasteiger partial charge in [0, 0.05) is 6.54 Å². The Morgan fingerprint density at radius 3 is 2.62 bits per heavy atom. The average molecular weight is 327 g/mol. The van der Waals surface area contributed by atoms with Gasteiger partial charge in [0.1, 0.15) is 12.1 Å². The maximum Gasteiger partial charge on any atom is 0.323 e. The van der Waals surface area contributed by atoms with Gasteiger partial charge in [-0.2, -0.15) is 0 Å². The number of hydrogen-bond acceptors (Lipinski definition) is 4. The maximum absolute atomic E-state index is 11.0. The molecule has 1 saturated heterocycles. The van der Waals surface area contributed by atoms with Gasteiger partial charge in [0.05, 0.1) is 12.7 Å². The monoisotopic (exact) mass is 327 g/mol. The highest BCUT2D eigenvalue weighted by molar-refractivity contribution is 5.75. The molecule has 1 aliphatic heterocycles. The van der Waals surface area contributed by atoms with Crippen molar-refractivity contribution in [3.8, 4) is 11.1 Å². The Bertz CT molecular complexity index is 717.